The molecule has 1 N–H and O–H groups in total. The summed E-state index contributed by atoms with van der Waals surface area (Å²) in [5.41, 5.74) is 2.14. The summed E-state index contributed by atoms with van der Waals surface area (Å²) in [6.45, 7) is 2.06. The number of phenols is 1. The Kier molecular flexibility index (Phi) is 3.21. The lowest BCUT2D eigenvalue weighted by Gasteiger charge is -2.19. The first kappa shape index (κ1) is 12.5. The van der Waals surface area contributed by atoms with Crippen LogP contribution in [0.1, 0.15) is 68.4 Å². The van der Waals surface area contributed by atoms with Gasteiger partial charge in [-0.25, -0.2) is 0 Å². The maximum absolute atomic E-state index is 11.8. The van der Waals surface area contributed by atoms with Crippen molar-refractivity contribution in [2.45, 2.75) is 57.3 Å². The van der Waals surface area contributed by atoms with Gasteiger partial charge in [-0.05, 0) is 49.7 Å². The number of hydrogen-bond acceptors (Lipinski definition) is 3. The van der Waals surface area contributed by atoms with Gasteiger partial charge in [0, 0.05) is 17.5 Å². The third-order valence-corrected chi connectivity index (χ3v) is 4.43. The second-order valence-electron chi connectivity index (χ2n) is 5.69. The number of unbranched alkanes of at least 4 members (excludes halogenated alkanes) is 1. The Morgan fingerprint density at radius 3 is 2.79 bits per heavy atom. The van der Waals surface area contributed by atoms with E-state index in [1.807, 2.05) is 0 Å². The number of phenolic OH excluding ortho intramolecular Hbond substituents is 1. The van der Waals surface area contributed by atoms with E-state index in [0.717, 1.165) is 43.2 Å². The van der Waals surface area contributed by atoms with Crippen LogP contribution in [0.3, 0.4) is 0 Å². The molecule has 0 radical (unpaired) electrons. The van der Waals surface area contributed by atoms with E-state index in [0.29, 0.717) is 29.8 Å². The second kappa shape index (κ2) is 4.87. The fraction of sp³-hybridized carbons (Fsp3) is 0.562. The lowest BCUT2D eigenvalue weighted by Crippen LogP contribution is -2.10. The Balaban J connectivity index is 1.86. The number of hydrogen-bond donors (Lipinski definition) is 1. The van der Waals surface area contributed by atoms with E-state index in [1.165, 1.54) is 0 Å². The number of ether oxygens (including phenoxy) is 1. The van der Waals surface area contributed by atoms with Gasteiger partial charge in [0.2, 0.25) is 0 Å². The zero-order valence-corrected chi connectivity index (χ0v) is 11.3. The largest absolute Gasteiger partial charge is 0.508 e. The number of aromatic hydroxyl groups is 1. The maximum Gasteiger partial charge on any atom is 0.311 e. The zero-order chi connectivity index (χ0) is 13.4. The molecule has 0 unspecified atom stereocenters. The molecule has 19 heavy (non-hydrogen) atoms. The van der Waals surface area contributed by atoms with Crippen LogP contribution in [0.25, 0.3) is 0 Å². The van der Waals surface area contributed by atoms with E-state index >= 15 is 0 Å². The highest BCUT2D eigenvalue weighted by Gasteiger charge is 2.41. The monoisotopic (exact) mass is 260 g/mol. The van der Waals surface area contributed by atoms with Crippen LogP contribution in [-0.4, -0.2) is 11.1 Å². The molecule has 0 aliphatic heterocycles. The van der Waals surface area contributed by atoms with Crippen molar-refractivity contribution in [2.24, 2.45) is 0 Å². The van der Waals surface area contributed by atoms with Gasteiger partial charge in [0.15, 0.2) is 0 Å². The predicted octanol–water partition coefficient (Wildman–Crippen LogP) is 3.85. The van der Waals surface area contributed by atoms with Crippen LogP contribution >= 0.6 is 0 Å². The first-order chi connectivity index (χ1) is 9.20. The summed E-state index contributed by atoms with van der Waals surface area (Å²) in [5.74, 6) is 1.84. The molecule has 1 aromatic carbocycles. The first-order valence-electron chi connectivity index (χ1n) is 7.27. The van der Waals surface area contributed by atoms with Crippen LogP contribution in [0.4, 0.5) is 0 Å². The molecule has 102 valence electrons. The standard InChI is InChI=1S/C16H20O3/c1-2-3-4-14(18)19-13-8-7-12(17)15-10-5-6-11(9-10)16(13)15/h7-8,10-11,17H,2-6,9H2,1H3/t10-,11+/m0/s1. The summed E-state index contributed by atoms with van der Waals surface area (Å²) in [6.07, 6.45) is 5.74. The molecule has 1 aromatic rings. The molecule has 3 rings (SSSR count). The van der Waals surface area contributed by atoms with Crippen LogP contribution in [0.5, 0.6) is 11.5 Å². The van der Waals surface area contributed by atoms with Gasteiger partial charge in [-0.2, -0.15) is 0 Å². The molecule has 2 bridgehead atoms. The van der Waals surface area contributed by atoms with Crippen LogP contribution < -0.4 is 4.74 Å². The summed E-state index contributed by atoms with van der Waals surface area (Å²) in [7, 11) is 0. The molecule has 1 fully saturated rings. The highest BCUT2D eigenvalue weighted by molar-refractivity contribution is 5.73. The summed E-state index contributed by atoms with van der Waals surface area (Å²) in [5, 5.41) is 10.0. The molecular formula is C16H20O3. The van der Waals surface area contributed by atoms with Crippen molar-refractivity contribution in [3.05, 3.63) is 23.3 Å². The highest BCUT2D eigenvalue weighted by Crippen LogP contribution is 2.58. The van der Waals surface area contributed by atoms with Gasteiger partial charge in [-0.15, -0.1) is 0 Å². The Labute approximate surface area is 113 Å². The van der Waals surface area contributed by atoms with E-state index in [4.69, 9.17) is 4.74 Å². The highest BCUT2D eigenvalue weighted by atomic mass is 16.5. The van der Waals surface area contributed by atoms with Crippen molar-refractivity contribution < 1.29 is 14.6 Å². The van der Waals surface area contributed by atoms with E-state index in [2.05, 4.69) is 6.92 Å². The number of benzene rings is 1. The molecule has 1 saturated carbocycles. The summed E-state index contributed by atoms with van der Waals surface area (Å²) in [6, 6.07) is 3.42. The van der Waals surface area contributed by atoms with Gasteiger partial charge < -0.3 is 9.84 Å². The second-order valence-corrected chi connectivity index (χ2v) is 5.69. The van der Waals surface area contributed by atoms with Crippen LogP contribution in [0.2, 0.25) is 0 Å². The summed E-state index contributed by atoms with van der Waals surface area (Å²) >= 11 is 0. The van der Waals surface area contributed by atoms with Crippen molar-refractivity contribution in [3.63, 3.8) is 0 Å². The third-order valence-electron chi connectivity index (χ3n) is 4.43. The quantitative estimate of drug-likeness (QED) is 0.660. The lowest BCUT2D eigenvalue weighted by atomic mass is 9.90. The maximum atomic E-state index is 11.8. The molecule has 0 saturated heterocycles. The summed E-state index contributed by atoms with van der Waals surface area (Å²) < 4.78 is 5.52. The molecule has 0 aromatic heterocycles. The van der Waals surface area contributed by atoms with Crippen molar-refractivity contribution in [1.82, 2.24) is 0 Å². The smallest absolute Gasteiger partial charge is 0.311 e. The number of fused-ring (bicyclic) bond motifs is 5. The van der Waals surface area contributed by atoms with Gasteiger partial charge in [-0.3, -0.25) is 4.79 Å². The fourth-order valence-corrected chi connectivity index (χ4v) is 3.54. The van der Waals surface area contributed by atoms with Gasteiger partial charge in [0.1, 0.15) is 11.5 Å². The van der Waals surface area contributed by atoms with Gasteiger partial charge >= 0.3 is 5.97 Å². The molecule has 2 aliphatic carbocycles. The van der Waals surface area contributed by atoms with Gasteiger partial charge in [0.05, 0.1) is 0 Å². The Hall–Kier alpha value is -1.51. The average molecular weight is 260 g/mol. The molecule has 2 atom stereocenters. The minimum absolute atomic E-state index is 0.155. The van der Waals surface area contributed by atoms with Crippen molar-refractivity contribution in [2.75, 3.05) is 0 Å². The van der Waals surface area contributed by atoms with E-state index < -0.39 is 0 Å². The Morgan fingerprint density at radius 1 is 1.32 bits per heavy atom. The topological polar surface area (TPSA) is 46.5 Å². The van der Waals surface area contributed by atoms with Crippen molar-refractivity contribution in [3.8, 4) is 11.5 Å². The van der Waals surface area contributed by atoms with Crippen molar-refractivity contribution >= 4 is 5.97 Å². The number of rotatable bonds is 4. The molecule has 3 nitrogen and oxygen atoms in total. The van der Waals surface area contributed by atoms with Gasteiger partial charge in [-0.1, -0.05) is 13.3 Å². The van der Waals surface area contributed by atoms with E-state index in [9.17, 15) is 9.90 Å². The van der Waals surface area contributed by atoms with Crippen LogP contribution in [0.15, 0.2) is 12.1 Å². The molecule has 0 spiro atoms. The molecule has 2 aliphatic rings. The number of carbonyl (C=O) groups is 1. The minimum Gasteiger partial charge on any atom is -0.508 e. The SMILES string of the molecule is CCCCC(=O)Oc1ccc(O)c2c1[C@@H]1CC[C@H]2C1. The van der Waals surface area contributed by atoms with E-state index in [-0.39, 0.29) is 5.97 Å². The normalized spacial score (nSPS) is 23.4. The van der Waals surface area contributed by atoms with Crippen LogP contribution in [0, 0.1) is 0 Å². The predicted molar refractivity (Wildman–Crippen MR) is 72.6 cm³/mol. The third kappa shape index (κ3) is 2.11. The number of esters is 1. The number of carbonyl (C=O) groups excluding carboxylic acids is 1. The van der Waals surface area contributed by atoms with Crippen LogP contribution in [-0.2, 0) is 4.79 Å². The molecule has 0 heterocycles. The lowest BCUT2D eigenvalue weighted by molar-refractivity contribution is -0.134. The Morgan fingerprint density at radius 2 is 2.05 bits per heavy atom. The first-order valence-corrected chi connectivity index (χ1v) is 7.27. The molecular weight excluding hydrogens is 240 g/mol. The van der Waals surface area contributed by atoms with Gasteiger partial charge in [0.25, 0.3) is 0 Å². The fourth-order valence-electron chi connectivity index (χ4n) is 3.54. The molecule has 3 heteroatoms. The summed E-state index contributed by atoms with van der Waals surface area (Å²) in [4.78, 5) is 11.8. The zero-order valence-electron chi connectivity index (χ0n) is 11.3. The average Bonchev–Trinajstić information content (AvgIpc) is 3.01. The minimum atomic E-state index is -0.155. The van der Waals surface area contributed by atoms with E-state index in [1.54, 1.807) is 12.1 Å². The Bertz CT molecular complexity index is 507. The van der Waals surface area contributed by atoms with Crippen molar-refractivity contribution in [1.29, 1.82) is 0 Å². The molecule has 0 amide bonds.